The standard InChI is InChI=1S/C31H44N6O3/c1-6-7-21(2)40-31(38)33-26-13-10-24(20-27(26)39-5)28-29-22(3)32-14-15-37(29)30(34-28)23-8-11-25(12-9-23)36-18-16-35(4)17-19-36/h10,13-15,20-21,23,25H,6-9,11-12,16-19H2,1-5H3,(H,33,38)/t21?,23-,25+. The first-order valence-corrected chi connectivity index (χ1v) is 14.8. The van der Waals surface area contributed by atoms with Gasteiger partial charge in [-0.1, -0.05) is 19.4 Å². The van der Waals surface area contributed by atoms with Crippen LogP contribution in [-0.4, -0.2) is 82.7 Å². The van der Waals surface area contributed by atoms with Crippen LogP contribution >= 0.6 is 0 Å². The van der Waals surface area contributed by atoms with Crippen molar-refractivity contribution in [3.8, 4) is 17.0 Å². The third kappa shape index (κ3) is 6.10. The molecular weight excluding hydrogens is 504 g/mol. The third-order valence-corrected chi connectivity index (χ3v) is 8.60. The van der Waals surface area contributed by atoms with Crippen LogP contribution in [0.4, 0.5) is 10.5 Å². The predicted molar refractivity (Wildman–Crippen MR) is 158 cm³/mol. The summed E-state index contributed by atoms with van der Waals surface area (Å²) in [5, 5.41) is 2.84. The Bertz CT molecular complexity index is 1310. The fourth-order valence-electron chi connectivity index (χ4n) is 6.32. The van der Waals surface area contributed by atoms with Crippen molar-refractivity contribution in [2.45, 2.75) is 77.4 Å². The molecule has 0 radical (unpaired) electrons. The van der Waals surface area contributed by atoms with Crippen LogP contribution in [0.25, 0.3) is 16.8 Å². The van der Waals surface area contributed by atoms with E-state index in [0.717, 1.165) is 67.1 Å². The van der Waals surface area contributed by atoms with Gasteiger partial charge in [-0.05, 0) is 65.1 Å². The normalized spacial score (nSPS) is 21.3. The number of carbonyl (C=O) groups excluding carboxylic acids is 1. The third-order valence-electron chi connectivity index (χ3n) is 8.60. The summed E-state index contributed by atoms with van der Waals surface area (Å²) in [7, 11) is 3.83. The Balaban J connectivity index is 1.37. The number of rotatable bonds is 8. The van der Waals surface area contributed by atoms with Crippen LogP contribution in [0.1, 0.15) is 69.8 Å². The van der Waals surface area contributed by atoms with Gasteiger partial charge in [-0.2, -0.15) is 0 Å². The minimum atomic E-state index is -0.478. The average Bonchev–Trinajstić information content (AvgIpc) is 3.35. The highest BCUT2D eigenvalue weighted by Gasteiger charge is 2.31. The highest BCUT2D eigenvalue weighted by molar-refractivity contribution is 5.89. The van der Waals surface area contributed by atoms with Gasteiger partial charge in [-0.3, -0.25) is 19.6 Å². The number of aromatic nitrogens is 3. The number of piperazine rings is 1. The highest BCUT2D eigenvalue weighted by Crippen LogP contribution is 2.39. The molecule has 1 aliphatic heterocycles. The fourth-order valence-corrected chi connectivity index (χ4v) is 6.32. The lowest BCUT2D eigenvalue weighted by Crippen LogP contribution is -2.49. The number of nitrogens with zero attached hydrogens (tertiary/aromatic N) is 5. The summed E-state index contributed by atoms with van der Waals surface area (Å²) in [4.78, 5) is 27.4. The van der Waals surface area contributed by atoms with Gasteiger partial charge in [0.15, 0.2) is 0 Å². The summed E-state index contributed by atoms with van der Waals surface area (Å²) in [5.74, 6) is 2.09. The minimum absolute atomic E-state index is 0.141. The molecule has 1 aromatic carbocycles. The number of carbonyl (C=O) groups is 1. The van der Waals surface area contributed by atoms with E-state index in [1.807, 2.05) is 44.4 Å². The summed E-state index contributed by atoms with van der Waals surface area (Å²) in [6.45, 7) is 10.7. The number of benzene rings is 1. The monoisotopic (exact) mass is 548 g/mol. The first-order valence-electron chi connectivity index (χ1n) is 14.8. The van der Waals surface area contributed by atoms with Gasteiger partial charge in [0.1, 0.15) is 17.7 Å². The number of imidazole rings is 1. The van der Waals surface area contributed by atoms with E-state index in [2.05, 4.69) is 38.5 Å². The summed E-state index contributed by atoms with van der Waals surface area (Å²) < 4.78 is 13.4. The lowest BCUT2D eigenvalue weighted by atomic mass is 9.84. The van der Waals surface area contributed by atoms with Gasteiger partial charge >= 0.3 is 6.09 Å². The molecule has 9 nitrogen and oxygen atoms in total. The van der Waals surface area contributed by atoms with Crippen molar-refractivity contribution in [1.82, 2.24) is 24.2 Å². The van der Waals surface area contributed by atoms with E-state index in [0.29, 0.717) is 23.4 Å². The van der Waals surface area contributed by atoms with E-state index in [1.54, 1.807) is 7.11 Å². The Kier molecular flexibility index (Phi) is 8.90. The molecule has 3 aromatic rings. The molecule has 2 fully saturated rings. The van der Waals surface area contributed by atoms with Crippen molar-refractivity contribution in [2.24, 2.45) is 0 Å². The van der Waals surface area contributed by atoms with E-state index in [4.69, 9.17) is 14.5 Å². The second-order valence-corrected chi connectivity index (χ2v) is 11.4. The Hall–Kier alpha value is -3.17. The number of fused-ring (bicyclic) bond motifs is 1. The van der Waals surface area contributed by atoms with Gasteiger partial charge in [0.25, 0.3) is 0 Å². The Morgan fingerprint density at radius 3 is 2.60 bits per heavy atom. The lowest BCUT2D eigenvalue weighted by Gasteiger charge is -2.41. The SMILES string of the molecule is CCCC(C)OC(=O)Nc1ccc(-c2nc([C@H]3CC[C@@H](N4CCN(C)CC4)CC3)n3ccnc(C)c23)cc1OC. The quantitative estimate of drug-likeness (QED) is 0.385. The fraction of sp³-hybridized carbons (Fsp3) is 0.581. The number of hydrogen-bond donors (Lipinski definition) is 1. The van der Waals surface area contributed by atoms with Crippen LogP contribution in [-0.2, 0) is 4.74 Å². The van der Waals surface area contributed by atoms with E-state index in [-0.39, 0.29) is 6.10 Å². The van der Waals surface area contributed by atoms with Crippen LogP contribution < -0.4 is 10.1 Å². The highest BCUT2D eigenvalue weighted by atomic mass is 16.6. The summed E-state index contributed by atoms with van der Waals surface area (Å²) in [6.07, 6.45) is 9.78. The van der Waals surface area contributed by atoms with Crippen molar-refractivity contribution < 1.29 is 14.3 Å². The molecule has 1 amide bonds. The number of aryl methyl sites for hydroxylation is 1. The van der Waals surface area contributed by atoms with Gasteiger partial charge in [0.05, 0.1) is 29.7 Å². The molecule has 1 aliphatic carbocycles. The second-order valence-electron chi connectivity index (χ2n) is 11.4. The molecule has 216 valence electrons. The van der Waals surface area contributed by atoms with Gasteiger partial charge < -0.3 is 14.4 Å². The Morgan fingerprint density at radius 1 is 1.15 bits per heavy atom. The molecule has 5 rings (SSSR count). The number of likely N-dealkylation sites (N-methyl/N-ethyl adjacent to an activating group) is 1. The van der Waals surface area contributed by atoms with E-state index < -0.39 is 6.09 Å². The Labute approximate surface area is 237 Å². The minimum Gasteiger partial charge on any atom is -0.495 e. The van der Waals surface area contributed by atoms with E-state index in [1.165, 1.54) is 25.9 Å². The van der Waals surface area contributed by atoms with Gasteiger partial charge in [-0.25, -0.2) is 9.78 Å². The number of nitrogens with one attached hydrogen (secondary N) is 1. The largest absolute Gasteiger partial charge is 0.495 e. The number of anilines is 1. The van der Waals surface area contributed by atoms with Crippen LogP contribution in [0, 0.1) is 6.92 Å². The maximum absolute atomic E-state index is 12.4. The van der Waals surface area contributed by atoms with Crippen LogP contribution in [0.2, 0.25) is 0 Å². The number of hydrogen-bond acceptors (Lipinski definition) is 7. The smallest absolute Gasteiger partial charge is 0.412 e. The summed E-state index contributed by atoms with van der Waals surface area (Å²) in [5.41, 5.74) is 4.36. The van der Waals surface area contributed by atoms with Crippen molar-refractivity contribution in [2.75, 3.05) is 45.7 Å². The van der Waals surface area contributed by atoms with Crippen molar-refractivity contribution in [3.05, 3.63) is 42.1 Å². The summed E-state index contributed by atoms with van der Waals surface area (Å²) in [6, 6.07) is 6.46. The average molecular weight is 549 g/mol. The molecule has 1 atom stereocenters. The molecule has 1 unspecified atom stereocenters. The van der Waals surface area contributed by atoms with Crippen molar-refractivity contribution in [3.63, 3.8) is 0 Å². The van der Waals surface area contributed by atoms with Crippen molar-refractivity contribution >= 4 is 17.3 Å². The van der Waals surface area contributed by atoms with Gasteiger partial charge in [0, 0.05) is 56.1 Å². The molecule has 0 bridgehead atoms. The zero-order valence-corrected chi connectivity index (χ0v) is 24.7. The van der Waals surface area contributed by atoms with E-state index >= 15 is 0 Å². The maximum Gasteiger partial charge on any atom is 0.412 e. The molecule has 9 heteroatoms. The van der Waals surface area contributed by atoms with E-state index in [9.17, 15) is 4.79 Å². The van der Waals surface area contributed by atoms with Crippen LogP contribution in [0.3, 0.4) is 0 Å². The summed E-state index contributed by atoms with van der Waals surface area (Å²) >= 11 is 0. The molecule has 2 aromatic heterocycles. The first-order chi connectivity index (χ1) is 19.4. The maximum atomic E-state index is 12.4. The molecule has 1 saturated carbocycles. The molecule has 3 heterocycles. The zero-order valence-electron chi connectivity index (χ0n) is 24.7. The zero-order chi connectivity index (χ0) is 28.2. The Morgan fingerprint density at radius 2 is 1.90 bits per heavy atom. The van der Waals surface area contributed by atoms with Crippen LogP contribution in [0.5, 0.6) is 5.75 Å². The van der Waals surface area contributed by atoms with Gasteiger partial charge in [-0.15, -0.1) is 0 Å². The molecular formula is C31H44N6O3. The predicted octanol–water partition coefficient (Wildman–Crippen LogP) is 5.72. The number of ether oxygens (including phenoxy) is 2. The molecule has 40 heavy (non-hydrogen) atoms. The topological polar surface area (TPSA) is 84.2 Å². The molecule has 2 aliphatic rings. The van der Waals surface area contributed by atoms with Crippen molar-refractivity contribution in [1.29, 1.82) is 0 Å². The number of methoxy groups -OCH3 is 1. The molecule has 1 N–H and O–H groups in total. The van der Waals surface area contributed by atoms with Gasteiger partial charge in [0.2, 0.25) is 0 Å². The second kappa shape index (κ2) is 12.6. The molecule has 1 saturated heterocycles. The number of amides is 1. The molecule has 0 spiro atoms. The lowest BCUT2D eigenvalue weighted by molar-refractivity contribution is 0.0872. The first kappa shape index (κ1) is 28.4. The van der Waals surface area contributed by atoms with Crippen LogP contribution in [0.15, 0.2) is 30.6 Å².